The Morgan fingerprint density at radius 1 is 1.44 bits per heavy atom. The Balaban J connectivity index is 2.10. The molecular formula is C12H15N3O2S. The lowest BCUT2D eigenvalue weighted by Crippen LogP contribution is -2.37. The van der Waals surface area contributed by atoms with Gasteiger partial charge in [0, 0.05) is 12.6 Å². The molecule has 1 saturated heterocycles. The first-order valence-electron chi connectivity index (χ1n) is 5.79. The highest BCUT2D eigenvalue weighted by molar-refractivity contribution is 7.88. The lowest BCUT2D eigenvalue weighted by Gasteiger charge is -2.12. The van der Waals surface area contributed by atoms with Crippen molar-refractivity contribution in [1.29, 1.82) is 5.26 Å². The number of hydrogen-bond acceptors (Lipinski definition) is 4. The van der Waals surface area contributed by atoms with Crippen LogP contribution in [0.15, 0.2) is 24.3 Å². The van der Waals surface area contributed by atoms with Gasteiger partial charge >= 0.3 is 0 Å². The summed E-state index contributed by atoms with van der Waals surface area (Å²) in [6, 6.07) is 8.73. The zero-order valence-electron chi connectivity index (χ0n) is 9.89. The molecule has 0 amide bonds. The summed E-state index contributed by atoms with van der Waals surface area (Å²) in [4.78, 5) is 0. The largest absolute Gasteiger partial charge is 0.315 e. The molecule has 0 saturated carbocycles. The topological polar surface area (TPSA) is 82.0 Å². The first-order chi connectivity index (χ1) is 8.61. The molecule has 0 bridgehead atoms. The zero-order chi connectivity index (χ0) is 13.0. The van der Waals surface area contributed by atoms with E-state index in [1.165, 1.54) is 0 Å². The third kappa shape index (κ3) is 3.29. The Kier molecular flexibility index (Phi) is 3.97. The van der Waals surface area contributed by atoms with Crippen molar-refractivity contribution in [3.05, 3.63) is 35.4 Å². The molecule has 0 aliphatic carbocycles. The maximum atomic E-state index is 12.0. The van der Waals surface area contributed by atoms with Crippen molar-refractivity contribution in [1.82, 2.24) is 10.0 Å². The van der Waals surface area contributed by atoms with Gasteiger partial charge in [-0.25, -0.2) is 13.1 Å². The van der Waals surface area contributed by atoms with E-state index in [2.05, 4.69) is 10.0 Å². The quantitative estimate of drug-likeness (QED) is 0.822. The number of nitriles is 1. The number of benzene rings is 1. The van der Waals surface area contributed by atoms with Crippen molar-refractivity contribution in [3.63, 3.8) is 0 Å². The fraction of sp³-hybridized carbons (Fsp3) is 0.417. The highest BCUT2D eigenvalue weighted by Gasteiger charge is 2.22. The maximum Gasteiger partial charge on any atom is 0.216 e. The smallest absolute Gasteiger partial charge is 0.216 e. The fourth-order valence-corrected chi connectivity index (χ4v) is 3.46. The summed E-state index contributed by atoms with van der Waals surface area (Å²) in [5.41, 5.74) is 0.950. The van der Waals surface area contributed by atoms with E-state index in [-0.39, 0.29) is 11.8 Å². The van der Waals surface area contributed by atoms with Gasteiger partial charge in [-0.2, -0.15) is 5.26 Å². The standard InChI is InChI=1S/C12H15N3O2S/c13-7-10-3-1-2-4-11(10)9-18(16,17)15-12-5-6-14-8-12/h1-4,12,14-15H,5-6,8-9H2. The lowest BCUT2D eigenvalue weighted by atomic mass is 10.1. The molecule has 1 fully saturated rings. The number of rotatable bonds is 4. The Bertz CT molecular complexity index is 557. The minimum Gasteiger partial charge on any atom is -0.315 e. The van der Waals surface area contributed by atoms with E-state index >= 15 is 0 Å². The third-order valence-corrected chi connectivity index (χ3v) is 4.27. The molecule has 0 aromatic heterocycles. The summed E-state index contributed by atoms with van der Waals surface area (Å²) in [7, 11) is -3.39. The van der Waals surface area contributed by atoms with Crippen molar-refractivity contribution in [2.75, 3.05) is 13.1 Å². The molecule has 0 radical (unpaired) electrons. The molecule has 5 nitrogen and oxygen atoms in total. The molecule has 2 N–H and O–H groups in total. The molecule has 1 atom stereocenters. The summed E-state index contributed by atoms with van der Waals surface area (Å²) in [6.45, 7) is 1.50. The van der Waals surface area contributed by atoms with Gasteiger partial charge in [-0.3, -0.25) is 0 Å². The summed E-state index contributed by atoms with van der Waals surface area (Å²) in [6.07, 6.45) is 0.805. The molecule has 1 aromatic carbocycles. The molecule has 6 heteroatoms. The highest BCUT2D eigenvalue weighted by atomic mass is 32.2. The zero-order valence-corrected chi connectivity index (χ0v) is 10.7. The normalized spacial score (nSPS) is 19.6. The molecule has 18 heavy (non-hydrogen) atoms. The van der Waals surface area contributed by atoms with E-state index in [4.69, 9.17) is 5.26 Å². The average molecular weight is 265 g/mol. The summed E-state index contributed by atoms with van der Waals surface area (Å²) in [5, 5.41) is 12.0. The molecule has 0 spiro atoms. The Labute approximate surface area is 107 Å². The van der Waals surface area contributed by atoms with Crippen LogP contribution in [0.1, 0.15) is 17.5 Å². The van der Waals surface area contributed by atoms with Gasteiger partial charge < -0.3 is 5.32 Å². The van der Waals surface area contributed by atoms with Gasteiger partial charge in [0.2, 0.25) is 10.0 Å². The van der Waals surface area contributed by atoms with E-state index < -0.39 is 10.0 Å². The number of nitrogens with zero attached hydrogens (tertiary/aromatic N) is 1. The van der Waals surface area contributed by atoms with Crippen LogP contribution in [0.2, 0.25) is 0 Å². The van der Waals surface area contributed by atoms with Crippen LogP contribution in [0.3, 0.4) is 0 Å². The van der Waals surface area contributed by atoms with E-state index in [0.717, 1.165) is 13.0 Å². The molecule has 1 aromatic rings. The second-order valence-electron chi connectivity index (χ2n) is 4.34. The van der Waals surface area contributed by atoms with Gasteiger partial charge in [-0.15, -0.1) is 0 Å². The maximum absolute atomic E-state index is 12.0. The predicted octanol–water partition coefficient (Wildman–Crippen LogP) is 0.340. The van der Waals surface area contributed by atoms with Gasteiger partial charge in [0.25, 0.3) is 0 Å². The van der Waals surface area contributed by atoms with Crippen LogP contribution < -0.4 is 10.0 Å². The van der Waals surface area contributed by atoms with Crippen molar-refractivity contribution in [2.24, 2.45) is 0 Å². The van der Waals surface area contributed by atoms with Crippen molar-refractivity contribution in [2.45, 2.75) is 18.2 Å². The van der Waals surface area contributed by atoms with Crippen LogP contribution in [0.5, 0.6) is 0 Å². The van der Waals surface area contributed by atoms with Crippen LogP contribution >= 0.6 is 0 Å². The van der Waals surface area contributed by atoms with Crippen LogP contribution in [0.4, 0.5) is 0 Å². The number of sulfonamides is 1. The Morgan fingerprint density at radius 3 is 2.89 bits per heavy atom. The predicted molar refractivity (Wildman–Crippen MR) is 68.2 cm³/mol. The molecule has 1 aliphatic rings. The Morgan fingerprint density at radius 2 is 2.22 bits per heavy atom. The first kappa shape index (κ1) is 13.0. The molecule has 1 heterocycles. The Hall–Kier alpha value is -1.42. The van der Waals surface area contributed by atoms with Gasteiger partial charge in [-0.1, -0.05) is 18.2 Å². The van der Waals surface area contributed by atoms with Gasteiger partial charge in [0.15, 0.2) is 0 Å². The summed E-state index contributed by atoms with van der Waals surface area (Å²) in [5.74, 6) is -0.146. The van der Waals surface area contributed by atoms with Crippen LogP contribution in [-0.2, 0) is 15.8 Å². The average Bonchev–Trinajstić information content (AvgIpc) is 2.81. The van der Waals surface area contributed by atoms with Gasteiger partial charge in [0.05, 0.1) is 17.4 Å². The summed E-state index contributed by atoms with van der Waals surface area (Å²) < 4.78 is 26.6. The van der Waals surface area contributed by atoms with Gasteiger partial charge in [-0.05, 0) is 24.6 Å². The lowest BCUT2D eigenvalue weighted by molar-refractivity contribution is 0.559. The van der Waals surface area contributed by atoms with Crippen LogP contribution in [0, 0.1) is 11.3 Å². The summed E-state index contributed by atoms with van der Waals surface area (Å²) >= 11 is 0. The number of nitrogens with one attached hydrogen (secondary N) is 2. The fourth-order valence-electron chi connectivity index (χ4n) is 2.01. The van der Waals surface area contributed by atoms with Crippen LogP contribution in [-0.4, -0.2) is 27.5 Å². The second-order valence-corrected chi connectivity index (χ2v) is 6.09. The van der Waals surface area contributed by atoms with Crippen LogP contribution in [0.25, 0.3) is 0 Å². The molecular weight excluding hydrogens is 250 g/mol. The second kappa shape index (κ2) is 5.48. The van der Waals surface area contributed by atoms with E-state index in [0.29, 0.717) is 17.7 Å². The highest BCUT2D eigenvalue weighted by Crippen LogP contribution is 2.12. The molecule has 2 rings (SSSR count). The molecule has 1 unspecified atom stereocenters. The first-order valence-corrected chi connectivity index (χ1v) is 7.45. The van der Waals surface area contributed by atoms with Gasteiger partial charge in [0.1, 0.15) is 0 Å². The van der Waals surface area contributed by atoms with Crippen molar-refractivity contribution < 1.29 is 8.42 Å². The molecule has 1 aliphatic heterocycles. The SMILES string of the molecule is N#Cc1ccccc1CS(=O)(=O)NC1CCNC1. The third-order valence-electron chi connectivity index (χ3n) is 2.89. The minimum absolute atomic E-state index is 0.0377. The van der Waals surface area contributed by atoms with E-state index in [1.807, 2.05) is 6.07 Å². The number of hydrogen-bond donors (Lipinski definition) is 2. The van der Waals surface area contributed by atoms with E-state index in [9.17, 15) is 8.42 Å². The minimum atomic E-state index is -3.39. The van der Waals surface area contributed by atoms with Crippen molar-refractivity contribution >= 4 is 10.0 Å². The van der Waals surface area contributed by atoms with Crippen molar-refractivity contribution in [3.8, 4) is 6.07 Å². The molecule has 96 valence electrons. The monoisotopic (exact) mass is 265 g/mol. The van der Waals surface area contributed by atoms with E-state index in [1.54, 1.807) is 24.3 Å².